The predicted molar refractivity (Wildman–Crippen MR) is 104 cm³/mol. The molecule has 2 aromatic carbocycles. The molecule has 0 saturated heterocycles. The molecule has 1 aromatic heterocycles. The van der Waals surface area contributed by atoms with E-state index in [0.717, 1.165) is 16.8 Å². The molecule has 27 heavy (non-hydrogen) atoms. The van der Waals surface area contributed by atoms with E-state index in [9.17, 15) is 9.18 Å². The lowest BCUT2D eigenvalue weighted by Gasteiger charge is -2.09. The third-order valence-electron chi connectivity index (χ3n) is 4.30. The van der Waals surface area contributed by atoms with Crippen molar-refractivity contribution >= 4 is 17.4 Å². The molecule has 0 bridgehead atoms. The fraction of sp³-hybridized carbons (Fsp3) is 0.190. The van der Waals surface area contributed by atoms with Crippen molar-refractivity contribution in [1.29, 1.82) is 0 Å². The maximum atomic E-state index is 12.9. The Morgan fingerprint density at radius 1 is 1.00 bits per heavy atom. The van der Waals surface area contributed by atoms with Crippen LogP contribution in [0, 0.1) is 19.7 Å². The number of benzene rings is 2. The quantitative estimate of drug-likeness (QED) is 0.690. The minimum atomic E-state index is -0.290. The zero-order valence-electron chi connectivity index (χ0n) is 15.3. The number of rotatable bonds is 6. The Morgan fingerprint density at radius 3 is 2.52 bits per heavy atom. The van der Waals surface area contributed by atoms with Gasteiger partial charge in [0.25, 0.3) is 5.91 Å². The summed E-state index contributed by atoms with van der Waals surface area (Å²) in [6.45, 7) is 4.63. The predicted octanol–water partition coefficient (Wildman–Crippen LogP) is 4.14. The van der Waals surface area contributed by atoms with Crippen molar-refractivity contribution in [3.05, 3.63) is 83.1 Å². The molecule has 0 saturated carbocycles. The van der Waals surface area contributed by atoms with Crippen molar-refractivity contribution < 1.29 is 9.18 Å². The highest BCUT2D eigenvalue weighted by Crippen LogP contribution is 2.15. The Bertz CT molecular complexity index is 941. The third-order valence-corrected chi connectivity index (χ3v) is 4.30. The lowest BCUT2D eigenvalue weighted by molar-refractivity contribution is 0.102. The Kier molecular flexibility index (Phi) is 5.76. The molecular weight excluding hydrogens is 343 g/mol. The molecule has 1 amide bonds. The van der Waals surface area contributed by atoms with Crippen molar-refractivity contribution in [2.45, 2.75) is 20.3 Å². The van der Waals surface area contributed by atoms with E-state index in [0.29, 0.717) is 18.8 Å². The molecule has 0 aliphatic heterocycles. The van der Waals surface area contributed by atoms with E-state index in [2.05, 4.69) is 20.6 Å². The van der Waals surface area contributed by atoms with Crippen molar-refractivity contribution in [2.75, 3.05) is 17.2 Å². The number of nitrogens with zero attached hydrogens (tertiary/aromatic N) is 2. The van der Waals surface area contributed by atoms with E-state index < -0.39 is 0 Å². The minimum Gasteiger partial charge on any atom is -0.370 e. The van der Waals surface area contributed by atoms with Crippen molar-refractivity contribution in [3.8, 4) is 0 Å². The molecule has 5 nitrogen and oxygen atoms in total. The van der Waals surface area contributed by atoms with Gasteiger partial charge in [-0.25, -0.2) is 14.4 Å². The molecule has 138 valence electrons. The summed E-state index contributed by atoms with van der Waals surface area (Å²) in [5.41, 5.74) is 4.31. The molecule has 6 heteroatoms. The molecule has 0 unspecified atom stereocenters. The lowest BCUT2D eigenvalue weighted by Crippen LogP contribution is -2.15. The highest BCUT2D eigenvalue weighted by Gasteiger charge is 2.10. The van der Waals surface area contributed by atoms with Gasteiger partial charge in [-0.05, 0) is 61.2 Å². The highest BCUT2D eigenvalue weighted by atomic mass is 19.1. The minimum absolute atomic E-state index is 0.248. The van der Waals surface area contributed by atoms with Gasteiger partial charge in [-0.3, -0.25) is 4.79 Å². The van der Waals surface area contributed by atoms with E-state index in [1.165, 1.54) is 24.0 Å². The second-order valence-corrected chi connectivity index (χ2v) is 6.34. The SMILES string of the molecule is Cc1ccc(NC(=O)c2cc(NCCc3ccc(F)cc3)ncn2)cc1C. The number of carbonyl (C=O) groups is 1. The summed E-state index contributed by atoms with van der Waals surface area (Å²) >= 11 is 0. The number of carbonyl (C=O) groups excluding carboxylic acids is 1. The van der Waals surface area contributed by atoms with E-state index in [4.69, 9.17) is 0 Å². The molecular formula is C21H21FN4O. The number of halogens is 1. The van der Waals surface area contributed by atoms with Crippen molar-refractivity contribution in [2.24, 2.45) is 0 Å². The van der Waals surface area contributed by atoms with E-state index >= 15 is 0 Å². The number of anilines is 2. The summed E-state index contributed by atoms with van der Waals surface area (Å²) < 4.78 is 12.9. The van der Waals surface area contributed by atoms with Crippen LogP contribution in [0.3, 0.4) is 0 Å². The van der Waals surface area contributed by atoms with Gasteiger partial charge >= 0.3 is 0 Å². The number of hydrogen-bond acceptors (Lipinski definition) is 4. The number of nitrogens with one attached hydrogen (secondary N) is 2. The van der Waals surface area contributed by atoms with Gasteiger partial charge in [0, 0.05) is 18.3 Å². The molecule has 0 fully saturated rings. The first kappa shape index (κ1) is 18.5. The number of amides is 1. The van der Waals surface area contributed by atoms with Crippen LogP contribution in [0.15, 0.2) is 54.9 Å². The lowest BCUT2D eigenvalue weighted by atomic mass is 10.1. The van der Waals surface area contributed by atoms with Gasteiger partial charge in [-0.1, -0.05) is 18.2 Å². The van der Waals surface area contributed by atoms with Gasteiger partial charge in [0.15, 0.2) is 0 Å². The first-order valence-corrected chi connectivity index (χ1v) is 8.70. The van der Waals surface area contributed by atoms with E-state index in [-0.39, 0.29) is 17.4 Å². The maximum Gasteiger partial charge on any atom is 0.274 e. The smallest absolute Gasteiger partial charge is 0.274 e. The summed E-state index contributed by atoms with van der Waals surface area (Å²) in [5, 5.41) is 6.01. The van der Waals surface area contributed by atoms with E-state index in [1.807, 2.05) is 32.0 Å². The van der Waals surface area contributed by atoms with Crippen molar-refractivity contribution in [1.82, 2.24) is 9.97 Å². The summed E-state index contributed by atoms with van der Waals surface area (Å²) in [6, 6.07) is 13.7. The largest absolute Gasteiger partial charge is 0.370 e. The molecule has 1 heterocycles. The van der Waals surface area contributed by atoms with Gasteiger partial charge in [0.1, 0.15) is 23.7 Å². The van der Waals surface area contributed by atoms with Crippen LogP contribution in [0.2, 0.25) is 0 Å². The van der Waals surface area contributed by atoms with Gasteiger partial charge in [-0.2, -0.15) is 0 Å². The van der Waals surface area contributed by atoms with Gasteiger partial charge in [0.05, 0.1) is 0 Å². The zero-order valence-corrected chi connectivity index (χ0v) is 15.3. The van der Waals surface area contributed by atoms with Crippen LogP contribution in [0.5, 0.6) is 0 Å². The fourth-order valence-electron chi connectivity index (χ4n) is 2.58. The zero-order chi connectivity index (χ0) is 19.2. The molecule has 0 radical (unpaired) electrons. The van der Waals surface area contributed by atoms with Crippen molar-refractivity contribution in [3.63, 3.8) is 0 Å². The number of aromatic nitrogens is 2. The fourth-order valence-corrected chi connectivity index (χ4v) is 2.58. The molecule has 3 rings (SSSR count). The van der Waals surface area contributed by atoms with Crippen LogP contribution < -0.4 is 10.6 Å². The molecule has 0 aliphatic carbocycles. The van der Waals surface area contributed by atoms with Crippen LogP contribution in [-0.2, 0) is 6.42 Å². The second kappa shape index (κ2) is 8.40. The molecule has 2 N–H and O–H groups in total. The summed E-state index contributed by atoms with van der Waals surface area (Å²) in [6.07, 6.45) is 2.07. The standard InChI is InChI=1S/C21H21FN4O/c1-14-3-8-18(11-15(14)2)26-21(27)19-12-20(25-13-24-19)23-10-9-16-4-6-17(22)7-5-16/h3-8,11-13H,9-10H2,1-2H3,(H,26,27)(H,23,24,25). The first-order valence-electron chi connectivity index (χ1n) is 8.70. The Morgan fingerprint density at radius 2 is 1.78 bits per heavy atom. The molecule has 3 aromatic rings. The topological polar surface area (TPSA) is 66.9 Å². The average Bonchev–Trinajstić information content (AvgIpc) is 2.66. The number of hydrogen-bond donors (Lipinski definition) is 2. The van der Waals surface area contributed by atoms with Gasteiger partial charge in [0.2, 0.25) is 0 Å². The maximum absolute atomic E-state index is 12.9. The molecule has 0 atom stereocenters. The van der Waals surface area contributed by atoms with Crippen LogP contribution in [0.4, 0.5) is 15.9 Å². The van der Waals surface area contributed by atoms with E-state index in [1.54, 1.807) is 18.2 Å². The average molecular weight is 364 g/mol. The summed E-state index contributed by atoms with van der Waals surface area (Å²) in [4.78, 5) is 20.6. The Balaban J connectivity index is 1.59. The van der Waals surface area contributed by atoms with Gasteiger partial charge < -0.3 is 10.6 Å². The normalized spacial score (nSPS) is 10.5. The molecule has 0 aliphatic rings. The summed E-state index contributed by atoms with van der Waals surface area (Å²) in [5.74, 6) is 0.0292. The number of aryl methyl sites for hydroxylation is 2. The third kappa shape index (κ3) is 5.10. The highest BCUT2D eigenvalue weighted by molar-refractivity contribution is 6.03. The summed E-state index contributed by atoms with van der Waals surface area (Å²) in [7, 11) is 0. The van der Waals surface area contributed by atoms with Crippen LogP contribution >= 0.6 is 0 Å². The van der Waals surface area contributed by atoms with Crippen LogP contribution in [0.25, 0.3) is 0 Å². The second-order valence-electron chi connectivity index (χ2n) is 6.34. The Labute approximate surface area is 157 Å². The first-order chi connectivity index (χ1) is 13.0. The Hall–Kier alpha value is -3.28. The van der Waals surface area contributed by atoms with Crippen LogP contribution in [0.1, 0.15) is 27.2 Å². The molecule has 0 spiro atoms. The monoisotopic (exact) mass is 364 g/mol. The van der Waals surface area contributed by atoms with Gasteiger partial charge in [-0.15, -0.1) is 0 Å². The van der Waals surface area contributed by atoms with Crippen LogP contribution in [-0.4, -0.2) is 22.4 Å².